The molecular formula is C10H20N4O2S. The fourth-order valence-corrected chi connectivity index (χ4v) is 2.25. The Morgan fingerprint density at radius 1 is 1.59 bits per heavy atom. The summed E-state index contributed by atoms with van der Waals surface area (Å²) in [7, 11) is -3.26. The van der Waals surface area contributed by atoms with Crippen LogP contribution < -0.4 is 11.3 Å². The first-order valence-electron chi connectivity index (χ1n) is 5.42. The molecule has 7 heteroatoms. The van der Waals surface area contributed by atoms with Gasteiger partial charge in [0.2, 0.25) is 0 Å². The number of aryl methyl sites for hydroxylation is 1. The van der Waals surface area contributed by atoms with Crippen molar-refractivity contribution < 1.29 is 8.42 Å². The average Bonchev–Trinajstić information content (AvgIpc) is 2.64. The Morgan fingerprint density at radius 2 is 2.18 bits per heavy atom. The predicted molar refractivity (Wildman–Crippen MR) is 66.9 cm³/mol. The molecular weight excluding hydrogens is 240 g/mol. The molecule has 0 saturated heterocycles. The van der Waals surface area contributed by atoms with Gasteiger partial charge in [-0.3, -0.25) is 5.84 Å². The van der Waals surface area contributed by atoms with E-state index >= 15 is 0 Å². The Labute approximate surface area is 102 Å². The lowest BCUT2D eigenvalue weighted by atomic mass is 10.0. The summed E-state index contributed by atoms with van der Waals surface area (Å²) in [6, 6.07) is -0.549. The van der Waals surface area contributed by atoms with Crippen LogP contribution in [0.25, 0.3) is 0 Å². The molecule has 1 heterocycles. The number of nitrogens with two attached hydrogens (primary N) is 1. The third-order valence-electron chi connectivity index (χ3n) is 3.16. The summed E-state index contributed by atoms with van der Waals surface area (Å²) in [4.78, 5) is 4.19. The topological polar surface area (TPSA) is 90.0 Å². The highest BCUT2D eigenvalue weighted by atomic mass is 32.2. The summed E-state index contributed by atoms with van der Waals surface area (Å²) >= 11 is 0. The van der Waals surface area contributed by atoms with E-state index in [0.29, 0.717) is 12.4 Å². The van der Waals surface area contributed by atoms with Crippen molar-refractivity contribution in [3.05, 3.63) is 18.2 Å². The van der Waals surface area contributed by atoms with Crippen LogP contribution in [0.5, 0.6) is 0 Å². The van der Waals surface area contributed by atoms with Crippen molar-refractivity contribution in [1.82, 2.24) is 15.0 Å². The molecule has 0 fully saturated rings. The van der Waals surface area contributed by atoms with Gasteiger partial charge in [0.05, 0.1) is 10.8 Å². The minimum absolute atomic E-state index is 0.549. The van der Waals surface area contributed by atoms with Crippen molar-refractivity contribution in [2.75, 3.05) is 6.26 Å². The molecule has 98 valence electrons. The highest BCUT2D eigenvalue weighted by Gasteiger charge is 2.41. The van der Waals surface area contributed by atoms with Crippen LogP contribution in [0.2, 0.25) is 0 Å². The van der Waals surface area contributed by atoms with Crippen LogP contribution in [0, 0.1) is 0 Å². The monoisotopic (exact) mass is 260 g/mol. The Morgan fingerprint density at radius 3 is 2.59 bits per heavy atom. The Balaban J connectivity index is 3.26. The van der Waals surface area contributed by atoms with Crippen molar-refractivity contribution in [2.45, 2.75) is 38.1 Å². The molecule has 0 aromatic carbocycles. The molecule has 0 aliphatic heterocycles. The molecule has 17 heavy (non-hydrogen) atoms. The summed E-state index contributed by atoms with van der Waals surface area (Å²) in [5.41, 5.74) is 2.56. The predicted octanol–water partition coefficient (Wildman–Crippen LogP) is 0.231. The van der Waals surface area contributed by atoms with E-state index in [9.17, 15) is 8.42 Å². The second-order valence-corrected chi connectivity index (χ2v) is 7.14. The molecule has 0 radical (unpaired) electrons. The van der Waals surface area contributed by atoms with Crippen LogP contribution in [0.4, 0.5) is 0 Å². The van der Waals surface area contributed by atoms with E-state index in [1.54, 1.807) is 26.2 Å². The third kappa shape index (κ3) is 2.51. The first-order chi connectivity index (χ1) is 7.75. The second kappa shape index (κ2) is 4.75. The molecule has 1 aromatic rings. The quantitative estimate of drug-likeness (QED) is 0.584. The van der Waals surface area contributed by atoms with Crippen LogP contribution in [0.15, 0.2) is 12.4 Å². The molecule has 1 rings (SSSR count). The zero-order chi connectivity index (χ0) is 13.3. The maximum atomic E-state index is 11.8. The molecule has 0 aliphatic rings. The normalized spacial score (nSPS) is 14.9. The molecule has 6 nitrogen and oxygen atoms in total. The maximum Gasteiger partial charge on any atom is 0.154 e. The van der Waals surface area contributed by atoms with Crippen molar-refractivity contribution >= 4 is 9.84 Å². The molecule has 0 amide bonds. The van der Waals surface area contributed by atoms with E-state index in [-0.39, 0.29) is 0 Å². The lowest BCUT2D eigenvalue weighted by Crippen LogP contribution is -2.48. The van der Waals surface area contributed by atoms with Gasteiger partial charge in [0.1, 0.15) is 5.82 Å². The Bertz CT molecular complexity index is 478. The molecule has 0 aliphatic carbocycles. The van der Waals surface area contributed by atoms with Crippen molar-refractivity contribution in [1.29, 1.82) is 0 Å². The molecule has 3 N–H and O–H groups in total. The number of nitrogens with one attached hydrogen (secondary N) is 1. The highest BCUT2D eigenvalue weighted by Crippen LogP contribution is 2.30. The van der Waals surface area contributed by atoms with Crippen LogP contribution in [0.1, 0.15) is 32.6 Å². The maximum absolute atomic E-state index is 11.8. The first kappa shape index (κ1) is 14.1. The highest BCUT2D eigenvalue weighted by molar-refractivity contribution is 7.92. The lowest BCUT2D eigenvalue weighted by Gasteiger charge is -2.31. The minimum Gasteiger partial charge on any atom is -0.334 e. The van der Waals surface area contributed by atoms with Gasteiger partial charge in [-0.05, 0) is 20.8 Å². The van der Waals surface area contributed by atoms with Crippen LogP contribution >= 0.6 is 0 Å². The van der Waals surface area contributed by atoms with Gasteiger partial charge in [-0.1, -0.05) is 0 Å². The number of hydrogen-bond donors (Lipinski definition) is 2. The molecule has 0 spiro atoms. The van der Waals surface area contributed by atoms with Gasteiger partial charge >= 0.3 is 0 Å². The minimum atomic E-state index is -3.26. The molecule has 0 bridgehead atoms. The number of rotatable bonds is 5. The third-order valence-corrected chi connectivity index (χ3v) is 5.31. The van der Waals surface area contributed by atoms with Crippen molar-refractivity contribution in [3.63, 3.8) is 0 Å². The van der Waals surface area contributed by atoms with Gasteiger partial charge in [0, 0.05) is 25.2 Å². The number of sulfone groups is 1. The second-order valence-electron chi connectivity index (χ2n) is 4.55. The number of nitrogens with zero attached hydrogens (tertiary/aromatic N) is 2. The van der Waals surface area contributed by atoms with E-state index in [1.165, 1.54) is 6.26 Å². The van der Waals surface area contributed by atoms with Crippen LogP contribution in [-0.4, -0.2) is 29.0 Å². The van der Waals surface area contributed by atoms with Gasteiger partial charge in [-0.25, -0.2) is 18.8 Å². The number of aromatic nitrogens is 2. The zero-order valence-corrected chi connectivity index (χ0v) is 11.5. The fraction of sp³-hybridized carbons (Fsp3) is 0.700. The van der Waals surface area contributed by atoms with E-state index in [4.69, 9.17) is 5.84 Å². The SMILES string of the molecule is CCn1ccnc1C(NN)C(C)(C)S(C)(=O)=O. The van der Waals surface area contributed by atoms with E-state index in [2.05, 4.69) is 10.4 Å². The smallest absolute Gasteiger partial charge is 0.154 e. The Hall–Kier alpha value is -0.920. The molecule has 1 atom stereocenters. The first-order valence-corrected chi connectivity index (χ1v) is 7.31. The van der Waals surface area contributed by atoms with Gasteiger partial charge in [0.25, 0.3) is 0 Å². The van der Waals surface area contributed by atoms with E-state index in [0.717, 1.165) is 0 Å². The largest absolute Gasteiger partial charge is 0.334 e. The van der Waals surface area contributed by atoms with Crippen molar-refractivity contribution in [3.8, 4) is 0 Å². The van der Waals surface area contributed by atoms with Gasteiger partial charge in [-0.2, -0.15) is 0 Å². The lowest BCUT2D eigenvalue weighted by molar-refractivity contribution is 0.398. The summed E-state index contributed by atoms with van der Waals surface area (Å²) in [5, 5.41) is 0. The fourth-order valence-electron chi connectivity index (χ4n) is 1.65. The number of hydrogen-bond acceptors (Lipinski definition) is 5. The standard InChI is InChI=1S/C10H20N4O2S/c1-5-14-7-6-12-9(14)8(13-11)10(2,3)17(4,15)16/h6-8,13H,5,11H2,1-4H3. The molecule has 1 aromatic heterocycles. The van der Waals surface area contributed by atoms with Gasteiger partial charge in [-0.15, -0.1) is 0 Å². The van der Waals surface area contributed by atoms with E-state index < -0.39 is 20.6 Å². The van der Waals surface area contributed by atoms with Crippen molar-refractivity contribution in [2.24, 2.45) is 5.84 Å². The van der Waals surface area contributed by atoms with E-state index in [1.807, 2.05) is 11.5 Å². The van der Waals surface area contributed by atoms with Gasteiger partial charge in [0.15, 0.2) is 9.84 Å². The summed E-state index contributed by atoms with van der Waals surface area (Å²) < 4.78 is 24.5. The van der Waals surface area contributed by atoms with Gasteiger partial charge < -0.3 is 4.57 Å². The average molecular weight is 260 g/mol. The number of hydrazine groups is 1. The summed E-state index contributed by atoms with van der Waals surface area (Å²) in [6.07, 6.45) is 4.65. The molecule has 1 unspecified atom stereocenters. The summed E-state index contributed by atoms with van der Waals surface area (Å²) in [6.45, 7) is 5.96. The number of imidazole rings is 1. The van der Waals surface area contributed by atoms with Crippen LogP contribution in [-0.2, 0) is 16.4 Å². The Kier molecular flexibility index (Phi) is 3.95. The molecule has 0 saturated carbocycles. The zero-order valence-electron chi connectivity index (χ0n) is 10.6. The van der Waals surface area contributed by atoms with Crippen LogP contribution in [0.3, 0.4) is 0 Å². The summed E-state index contributed by atoms with van der Waals surface area (Å²) in [5.74, 6) is 6.13.